The number of aromatic amines is 1. The minimum atomic E-state index is 0.121. The molecule has 1 heterocycles. The smallest absolute Gasteiger partial charge is 0.268 e. The molecule has 1 aromatic carbocycles. The van der Waals surface area contributed by atoms with Crippen molar-refractivity contribution in [2.24, 2.45) is 0 Å². The maximum absolute atomic E-state index is 12.0. The van der Waals surface area contributed by atoms with Gasteiger partial charge in [0.1, 0.15) is 0 Å². The molecule has 3 nitrogen and oxygen atoms in total. The second-order valence-corrected chi connectivity index (χ2v) is 5.12. The van der Waals surface area contributed by atoms with Crippen LogP contribution >= 0.6 is 0 Å². The molecule has 1 fully saturated rings. The number of hydrogen-bond donors (Lipinski definition) is 1. The normalized spacial score (nSPS) is 25.2. The minimum absolute atomic E-state index is 0.121. The number of H-pyrrole nitrogens is 1. The Balaban J connectivity index is 1.98. The van der Waals surface area contributed by atoms with Crippen molar-refractivity contribution in [2.75, 3.05) is 0 Å². The summed E-state index contributed by atoms with van der Waals surface area (Å²) in [6.45, 7) is 0. The molecule has 1 saturated carbocycles. The zero-order valence-corrected chi connectivity index (χ0v) is 9.52. The van der Waals surface area contributed by atoms with Gasteiger partial charge in [0.05, 0.1) is 11.4 Å². The van der Waals surface area contributed by atoms with Gasteiger partial charge >= 0.3 is 0 Å². The summed E-state index contributed by atoms with van der Waals surface area (Å²) >= 11 is 0. The van der Waals surface area contributed by atoms with Gasteiger partial charge in [-0.1, -0.05) is 18.2 Å². The zero-order valence-electron chi connectivity index (χ0n) is 9.52. The first-order valence-electron chi connectivity index (χ1n) is 6.25. The van der Waals surface area contributed by atoms with Crippen molar-refractivity contribution in [3.05, 3.63) is 51.9 Å². The van der Waals surface area contributed by atoms with Crippen LogP contribution in [-0.2, 0) is 0 Å². The highest BCUT2D eigenvalue weighted by atomic mass is 16.1. The molecule has 4 rings (SSSR count). The highest BCUT2D eigenvalue weighted by Crippen LogP contribution is 2.51. The standard InChI is InChI=1S/C14H14N2O/c17-14-12-9-6-7-10(8-9)13(12)16(15-14)11-4-2-1-3-5-11/h1-5,9-10H,6-8H2,(H,15,17). The highest BCUT2D eigenvalue weighted by molar-refractivity contribution is 5.42. The molecule has 2 aliphatic rings. The molecule has 2 atom stereocenters. The molecule has 0 saturated heterocycles. The van der Waals surface area contributed by atoms with E-state index in [1.165, 1.54) is 25.0 Å². The fourth-order valence-electron chi connectivity index (χ4n) is 3.53. The molecule has 2 unspecified atom stereocenters. The summed E-state index contributed by atoms with van der Waals surface area (Å²) < 4.78 is 2.00. The van der Waals surface area contributed by atoms with Crippen molar-refractivity contribution >= 4 is 0 Å². The Hall–Kier alpha value is -1.77. The number of nitrogens with zero attached hydrogens (tertiary/aromatic N) is 1. The van der Waals surface area contributed by atoms with E-state index in [9.17, 15) is 4.79 Å². The van der Waals surface area contributed by atoms with E-state index in [2.05, 4.69) is 5.10 Å². The molecule has 2 aliphatic carbocycles. The van der Waals surface area contributed by atoms with Gasteiger partial charge in [0.25, 0.3) is 5.56 Å². The summed E-state index contributed by atoms with van der Waals surface area (Å²) in [4.78, 5) is 12.0. The second kappa shape index (κ2) is 3.13. The van der Waals surface area contributed by atoms with Gasteiger partial charge in [-0.3, -0.25) is 14.6 Å². The van der Waals surface area contributed by atoms with Crippen molar-refractivity contribution in [1.29, 1.82) is 0 Å². The number of aromatic nitrogens is 2. The van der Waals surface area contributed by atoms with Crippen LogP contribution in [0.5, 0.6) is 0 Å². The SMILES string of the molecule is O=c1[nH]n(-c2ccccc2)c2c1C1CCC2C1. The van der Waals surface area contributed by atoms with Crippen LogP contribution in [-0.4, -0.2) is 9.78 Å². The van der Waals surface area contributed by atoms with E-state index in [0.29, 0.717) is 11.8 Å². The average Bonchev–Trinajstić information content (AvgIpc) is 3.03. The first kappa shape index (κ1) is 9.28. The van der Waals surface area contributed by atoms with Crippen LogP contribution in [0.1, 0.15) is 42.4 Å². The maximum atomic E-state index is 12.0. The second-order valence-electron chi connectivity index (χ2n) is 5.12. The molecule has 86 valence electrons. The summed E-state index contributed by atoms with van der Waals surface area (Å²) in [6.07, 6.45) is 3.61. The lowest BCUT2D eigenvalue weighted by Crippen LogP contribution is -2.09. The summed E-state index contributed by atoms with van der Waals surface area (Å²) in [5, 5.41) is 2.99. The third-order valence-electron chi connectivity index (χ3n) is 4.22. The lowest BCUT2D eigenvalue weighted by Gasteiger charge is -2.13. The van der Waals surface area contributed by atoms with E-state index in [4.69, 9.17) is 0 Å². The van der Waals surface area contributed by atoms with Crippen LogP contribution in [0.25, 0.3) is 5.69 Å². The van der Waals surface area contributed by atoms with Crippen LogP contribution < -0.4 is 5.56 Å². The summed E-state index contributed by atoms with van der Waals surface area (Å²) in [6, 6.07) is 10.1. The predicted octanol–water partition coefficient (Wildman–Crippen LogP) is 2.53. The Labute approximate surface area is 99.1 Å². The van der Waals surface area contributed by atoms with Gasteiger partial charge in [0, 0.05) is 11.5 Å². The maximum Gasteiger partial charge on any atom is 0.268 e. The largest absolute Gasteiger partial charge is 0.268 e. The summed E-state index contributed by atoms with van der Waals surface area (Å²) in [5.41, 5.74) is 3.50. The molecule has 0 amide bonds. The molecule has 1 N–H and O–H groups in total. The van der Waals surface area contributed by atoms with Crippen LogP contribution in [0.3, 0.4) is 0 Å². The van der Waals surface area contributed by atoms with Crippen molar-refractivity contribution in [2.45, 2.75) is 31.1 Å². The van der Waals surface area contributed by atoms with Gasteiger partial charge in [-0.15, -0.1) is 0 Å². The number of fused-ring (bicyclic) bond motifs is 5. The van der Waals surface area contributed by atoms with E-state index in [-0.39, 0.29) is 5.56 Å². The quantitative estimate of drug-likeness (QED) is 0.797. The van der Waals surface area contributed by atoms with Crippen molar-refractivity contribution in [1.82, 2.24) is 9.78 Å². The molecule has 2 aromatic rings. The molecule has 0 spiro atoms. The van der Waals surface area contributed by atoms with Crippen LogP contribution in [0.2, 0.25) is 0 Å². The zero-order chi connectivity index (χ0) is 11.4. The van der Waals surface area contributed by atoms with E-state index in [0.717, 1.165) is 11.3 Å². The van der Waals surface area contributed by atoms with Crippen molar-refractivity contribution < 1.29 is 0 Å². The number of nitrogens with one attached hydrogen (secondary N) is 1. The molecular weight excluding hydrogens is 212 g/mol. The first-order valence-corrected chi connectivity index (χ1v) is 6.25. The third-order valence-corrected chi connectivity index (χ3v) is 4.22. The van der Waals surface area contributed by atoms with E-state index in [1.807, 2.05) is 35.0 Å². The van der Waals surface area contributed by atoms with Gasteiger partial charge in [0.15, 0.2) is 0 Å². The third kappa shape index (κ3) is 1.14. The van der Waals surface area contributed by atoms with Crippen molar-refractivity contribution in [3.63, 3.8) is 0 Å². The fraction of sp³-hybridized carbons (Fsp3) is 0.357. The van der Waals surface area contributed by atoms with Gasteiger partial charge in [-0.05, 0) is 37.3 Å². The molecule has 0 radical (unpaired) electrons. The number of hydrogen-bond acceptors (Lipinski definition) is 1. The Morgan fingerprint density at radius 1 is 1.12 bits per heavy atom. The fourth-order valence-corrected chi connectivity index (χ4v) is 3.53. The molecule has 17 heavy (non-hydrogen) atoms. The van der Waals surface area contributed by atoms with Crippen molar-refractivity contribution in [3.8, 4) is 5.69 Å². The van der Waals surface area contributed by atoms with Crippen LogP contribution in [0, 0.1) is 0 Å². The number of rotatable bonds is 1. The molecule has 3 heteroatoms. The van der Waals surface area contributed by atoms with E-state index < -0.39 is 0 Å². The topological polar surface area (TPSA) is 37.8 Å². The van der Waals surface area contributed by atoms with Crippen LogP contribution in [0.4, 0.5) is 0 Å². The summed E-state index contributed by atoms with van der Waals surface area (Å²) in [7, 11) is 0. The monoisotopic (exact) mass is 226 g/mol. The van der Waals surface area contributed by atoms with E-state index in [1.54, 1.807) is 0 Å². The van der Waals surface area contributed by atoms with Gasteiger partial charge < -0.3 is 0 Å². The van der Waals surface area contributed by atoms with Gasteiger partial charge in [0.2, 0.25) is 0 Å². The molecule has 2 bridgehead atoms. The molecular formula is C14H14N2O. The van der Waals surface area contributed by atoms with Gasteiger partial charge in [-0.2, -0.15) is 0 Å². The lowest BCUT2D eigenvalue weighted by molar-refractivity contribution is 0.664. The predicted molar refractivity (Wildman–Crippen MR) is 65.7 cm³/mol. The number of para-hydroxylation sites is 1. The van der Waals surface area contributed by atoms with Gasteiger partial charge in [-0.25, -0.2) is 0 Å². The number of benzene rings is 1. The minimum Gasteiger partial charge on any atom is -0.268 e. The Morgan fingerprint density at radius 3 is 2.71 bits per heavy atom. The lowest BCUT2D eigenvalue weighted by atomic mass is 9.98. The first-order chi connectivity index (χ1) is 8.34. The molecule has 1 aromatic heterocycles. The van der Waals surface area contributed by atoms with E-state index >= 15 is 0 Å². The Morgan fingerprint density at radius 2 is 1.88 bits per heavy atom. The molecule has 0 aliphatic heterocycles. The Kier molecular flexibility index (Phi) is 1.71. The van der Waals surface area contributed by atoms with Crippen LogP contribution in [0.15, 0.2) is 35.1 Å². The average molecular weight is 226 g/mol. The highest BCUT2D eigenvalue weighted by Gasteiger charge is 2.42. The summed E-state index contributed by atoms with van der Waals surface area (Å²) in [5.74, 6) is 1.11. The Bertz CT molecular complexity index is 623.